The molecule has 0 saturated heterocycles. The van der Waals surface area contributed by atoms with Crippen LogP contribution in [0.2, 0.25) is 0 Å². The Morgan fingerprint density at radius 1 is 1.10 bits per heavy atom. The highest BCUT2D eigenvalue weighted by Gasteiger charge is 2.03. The Labute approximate surface area is 120 Å². The Bertz CT molecular complexity index is 676. The number of non-ortho nitro benzene ring substituents is 1. The van der Waals surface area contributed by atoms with Gasteiger partial charge in [0.2, 0.25) is 5.91 Å². The summed E-state index contributed by atoms with van der Waals surface area (Å²) in [4.78, 5) is 21.7. The molecule has 21 heavy (non-hydrogen) atoms. The molecule has 0 aromatic heterocycles. The van der Waals surface area contributed by atoms with Crippen LogP contribution in [0.15, 0.2) is 54.6 Å². The fourth-order valence-corrected chi connectivity index (χ4v) is 1.61. The number of hydrogen-bond donors (Lipinski definition) is 2. The number of phenolic OH excluding ortho intramolecular Hbond substituents is 1. The van der Waals surface area contributed by atoms with Crippen LogP contribution >= 0.6 is 0 Å². The molecule has 2 N–H and O–H groups in total. The molecule has 0 spiro atoms. The minimum Gasteiger partial charge on any atom is -0.508 e. The lowest BCUT2D eigenvalue weighted by Gasteiger charge is -2.01. The topological polar surface area (TPSA) is 92.5 Å². The van der Waals surface area contributed by atoms with Crippen LogP contribution < -0.4 is 5.32 Å². The van der Waals surface area contributed by atoms with E-state index in [1.165, 1.54) is 30.3 Å². The van der Waals surface area contributed by atoms with Crippen molar-refractivity contribution in [3.8, 4) is 5.75 Å². The van der Waals surface area contributed by atoms with Gasteiger partial charge in [0.05, 0.1) is 4.92 Å². The second-order valence-electron chi connectivity index (χ2n) is 4.22. The highest BCUT2D eigenvalue weighted by Crippen LogP contribution is 2.15. The van der Waals surface area contributed by atoms with E-state index in [-0.39, 0.29) is 17.3 Å². The van der Waals surface area contributed by atoms with E-state index in [2.05, 4.69) is 5.32 Å². The van der Waals surface area contributed by atoms with Crippen molar-refractivity contribution in [1.82, 2.24) is 0 Å². The monoisotopic (exact) mass is 284 g/mol. The van der Waals surface area contributed by atoms with Gasteiger partial charge in [-0.3, -0.25) is 14.9 Å². The minimum atomic E-state index is -0.481. The Morgan fingerprint density at radius 2 is 1.71 bits per heavy atom. The van der Waals surface area contributed by atoms with E-state index in [9.17, 15) is 14.9 Å². The van der Waals surface area contributed by atoms with Gasteiger partial charge in [-0.2, -0.15) is 0 Å². The van der Waals surface area contributed by atoms with Crippen molar-refractivity contribution in [2.45, 2.75) is 0 Å². The minimum absolute atomic E-state index is 0.000643. The summed E-state index contributed by atoms with van der Waals surface area (Å²) in [5.41, 5.74) is 1.24. The maximum Gasteiger partial charge on any atom is 0.269 e. The molecule has 0 unspecified atom stereocenters. The first kappa shape index (κ1) is 14.3. The average molecular weight is 284 g/mol. The van der Waals surface area contributed by atoms with E-state index in [0.29, 0.717) is 11.3 Å². The maximum atomic E-state index is 11.7. The Balaban J connectivity index is 1.98. The first-order valence-corrected chi connectivity index (χ1v) is 6.07. The van der Waals surface area contributed by atoms with Crippen LogP contribution in [0.25, 0.3) is 6.08 Å². The zero-order valence-electron chi connectivity index (χ0n) is 10.9. The molecule has 0 radical (unpaired) electrons. The van der Waals surface area contributed by atoms with Gasteiger partial charge in [0.15, 0.2) is 0 Å². The van der Waals surface area contributed by atoms with Gasteiger partial charge >= 0.3 is 0 Å². The number of nitro benzene ring substituents is 1. The van der Waals surface area contributed by atoms with E-state index in [0.717, 1.165) is 0 Å². The molecule has 0 heterocycles. The lowest BCUT2D eigenvalue weighted by molar-refractivity contribution is -0.384. The van der Waals surface area contributed by atoms with Gasteiger partial charge in [0, 0.05) is 23.9 Å². The normalized spacial score (nSPS) is 10.5. The van der Waals surface area contributed by atoms with Crippen LogP contribution in [0.1, 0.15) is 5.56 Å². The van der Waals surface area contributed by atoms with E-state index < -0.39 is 4.92 Å². The van der Waals surface area contributed by atoms with E-state index >= 15 is 0 Å². The number of nitro groups is 1. The van der Waals surface area contributed by atoms with Crippen molar-refractivity contribution < 1.29 is 14.8 Å². The second kappa shape index (κ2) is 6.33. The summed E-state index contributed by atoms with van der Waals surface area (Å²) in [6.45, 7) is 0. The van der Waals surface area contributed by atoms with Crippen LogP contribution in [-0.2, 0) is 4.79 Å². The molecular formula is C15H12N2O4. The van der Waals surface area contributed by atoms with Gasteiger partial charge in [-0.15, -0.1) is 0 Å². The lowest BCUT2D eigenvalue weighted by Crippen LogP contribution is -2.07. The number of carbonyl (C=O) groups excluding carboxylic acids is 1. The quantitative estimate of drug-likeness (QED) is 0.390. The third kappa shape index (κ3) is 4.17. The molecule has 106 valence electrons. The van der Waals surface area contributed by atoms with E-state index in [1.807, 2.05) is 0 Å². The number of hydrogen-bond acceptors (Lipinski definition) is 4. The predicted octanol–water partition coefficient (Wildman–Crippen LogP) is 2.95. The number of benzene rings is 2. The maximum absolute atomic E-state index is 11.7. The molecule has 6 heteroatoms. The van der Waals surface area contributed by atoms with Gasteiger partial charge in [0.1, 0.15) is 5.75 Å². The van der Waals surface area contributed by atoms with Crippen molar-refractivity contribution in [1.29, 1.82) is 0 Å². The molecule has 0 aliphatic carbocycles. The molecule has 2 aromatic carbocycles. The largest absolute Gasteiger partial charge is 0.508 e. The van der Waals surface area contributed by atoms with Crippen LogP contribution in [0.3, 0.4) is 0 Å². The molecule has 0 saturated carbocycles. The van der Waals surface area contributed by atoms with Gasteiger partial charge in [-0.05, 0) is 48.0 Å². The van der Waals surface area contributed by atoms with Crippen LogP contribution in [0, 0.1) is 10.1 Å². The Morgan fingerprint density at radius 3 is 2.29 bits per heavy atom. The summed E-state index contributed by atoms with van der Waals surface area (Å²) >= 11 is 0. The number of anilines is 1. The third-order valence-electron chi connectivity index (χ3n) is 2.67. The summed E-state index contributed by atoms with van der Waals surface area (Å²) in [6, 6.07) is 11.9. The number of carbonyl (C=O) groups is 1. The number of nitrogens with one attached hydrogen (secondary N) is 1. The summed E-state index contributed by atoms with van der Waals surface area (Å²) in [7, 11) is 0. The van der Waals surface area contributed by atoms with Crippen LogP contribution in [-0.4, -0.2) is 15.9 Å². The fraction of sp³-hybridized carbons (Fsp3) is 0. The van der Waals surface area contributed by atoms with Crippen molar-refractivity contribution >= 4 is 23.4 Å². The molecule has 6 nitrogen and oxygen atoms in total. The van der Waals surface area contributed by atoms with Gasteiger partial charge in [-0.1, -0.05) is 0 Å². The Hall–Kier alpha value is -3.15. The number of phenols is 1. The molecule has 2 rings (SSSR count). The SMILES string of the molecule is O=C(/C=C/c1ccc([N+](=O)[O-])cc1)Nc1ccc(O)cc1. The molecule has 0 aliphatic rings. The van der Waals surface area contributed by atoms with Crippen molar-refractivity contribution in [3.63, 3.8) is 0 Å². The second-order valence-corrected chi connectivity index (χ2v) is 4.22. The van der Waals surface area contributed by atoms with Crippen molar-refractivity contribution in [3.05, 3.63) is 70.3 Å². The molecule has 0 bridgehead atoms. The lowest BCUT2D eigenvalue weighted by atomic mass is 10.2. The van der Waals surface area contributed by atoms with Gasteiger partial charge < -0.3 is 10.4 Å². The first-order valence-electron chi connectivity index (χ1n) is 6.07. The highest BCUT2D eigenvalue weighted by atomic mass is 16.6. The third-order valence-corrected chi connectivity index (χ3v) is 2.67. The van der Waals surface area contributed by atoms with Crippen molar-refractivity contribution in [2.24, 2.45) is 0 Å². The standard InChI is InChI=1S/C15H12N2O4/c18-14-8-4-12(5-9-14)16-15(19)10-3-11-1-6-13(7-2-11)17(20)21/h1-10,18H,(H,16,19)/b10-3+. The smallest absolute Gasteiger partial charge is 0.269 e. The zero-order valence-corrected chi connectivity index (χ0v) is 10.9. The van der Waals surface area contributed by atoms with Crippen molar-refractivity contribution in [2.75, 3.05) is 5.32 Å². The molecule has 1 amide bonds. The van der Waals surface area contributed by atoms with E-state index in [4.69, 9.17) is 5.11 Å². The van der Waals surface area contributed by atoms with E-state index in [1.54, 1.807) is 30.3 Å². The van der Waals surface area contributed by atoms with Crippen LogP contribution in [0.4, 0.5) is 11.4 Å². The number of amides is 1. The van der Waals surface area contributed by atoms with Crippen LogP contribution in [0.5, 0.6) is 5.75 Å². The molecule has 0 fully saturated rings. The number of nitrogens with zero attached hydrogens (tertiary/aromatic N) is 1. The zero-order chi connectivity index (χ0) is 15.2. The predicted molar refractivity (Wildman–Crippen MR) is 78.9 cm³/mol. The fourth-order valence-electron chi connectivity index (χ4n) is 1.61. The average Bonchev–Trinajstić information content (AvgIpc) is 2.48. The summed E-state index contributed by atoms with van der Waals surface area (Å²) in [5, 5.41) is 22.3. The highest BCUT2D eigenvalue weighted by molar-refractivity contribution is 6.01. The summed E-state index contributed by atoms with van der Waals surface area (Å²) in [5.74, 6) is -0.214. The summed E-state index contributed by atoms with van der Waals surface area (Å²) < 4.78 is 0. The Kier molecular flexibility index (Phi) is 4.30. The van der Waals surface area contributed by atoms with Gasteiger partial charge in [-0.25, -0.2) is 0 Å². The molecule has 2 aromatic rings. The van der Waals surface area contributed by atoms with Gasteiger partial charge in [0.25, 0.3) is 5.69 Å². The molecular weight excluding hydrogens is 272 g/mol. The number of aromatic hydroxyl groups is 1. The molecule has 0 aliphatic heterocycles. The summed E-state index contributed by atoms with van der Waals surface area (Å²) in [6.07, 6.45) is 2.88. The number of rotatable bonds is 4. The first-order chi connectivity index (χ1) is 10.0. The molecule has 0 atom stereocenters.